The normalized spacial score (nSPS) is 12.2. The van der Waals surface area contributed by atoms with Gasteiger partial charge in [-0.25, -0.2) is 15.0 Å². The van der Waals surface area contributed by atoms with Gasteiger partial charge < -0.3 is 104 Å². The molecule has 0 saturated carbocycles. The number of hydrogen-bond donors (Lipinski definition) is 10. The first-order chi connectivity index (χ1) is 58.3. The Morgan fingerprint density at radius 3 is 1.48 bits per heavy atom. The van der Waals surface area contributed by atoms with Crippen molar-refractivity contribution in [2.24, 2.45) is 40.2 Å². The number of nitrogens with zero attached hydrogens (tertiary/aromatic N) is 12. The number of aromatic nitrogens is 11. The molecule has 1 aliphatic heterocycles. The molecule has 0 fully saturated rings. The van der Waals surface area contributed by atoms with Gasteiger partial charge in [0.25, 0.3) is 29.5 Å². The molecule has 1 unspecified atom stereocenters. The molecule has 2 aromatic carbocycles. The van der Waals surface area contributed by atoms with Crippen molar-refractivity contribution in [1.82, 2.24) is 79.1 Å². The summed E-state index contributed by atoms with van der Waals surface area (Å²) < 4.78 is 43.2. The highest BCUT2D eigenvalue weighted by atomic mass is 35.5. The average Bonchev–Trinajstić information content (AvgIpc) is 1.59. The molecule has 9 aromatic rings. The molecule has 121 heavy (non-hydrogen) atoms. The van der Waals surface area contributed by atoms with E-state index in [1.165, 1.54) is 55.2 Å². The zero-order valence-electron chi connectivity index (χ0n) is 68.9. The van der Waals surface area contributed by atoms with Gasteiger partial charge in [-0.1, -0.05) is 43.0 Å². The van der Waals surface area contributed by atoms with Gasteiger partial charge >= 0.3 is 0 Å². The molecule has 7 aromatic heterocycles. The van der Waals surface area contributed by atoms with Gasteiger partial charge in [0.05, 0.1) is 89.6 Å². The summed E-state index contributed by atoms with van der Waals surface area (Å²) in [7, 11) is 8.06. The number of carbonyl (C=O) groups excluding carboxylic acids is 10. The average molecular weight is 1710 g/mol. The van der Waals surface area contributed by atoms with E-state index < -0.39 is 47.4 Å². The summed E-state index contributed by atoms with van der Waals surface area (Å²) in [5, 5.41) is 37.9. The monoisotopic (exact) mass is 1710 g/mol. The molecular formula is C81H103ClN22O16S. The van der Waals surface area contributed by atoms with Crippen LogP contribution in [0.3, 0.4) is 0 Å². The molecular weight excluding hydrogens is 1600 g/mol. The molecule has 0 aliphatic carbocycles. The number of aliphatic imine (C=N–C) groups is 1. The van der Waals surface area contributed by atoms with Gasteiger partial charge in [-0.05, 0) is 87.7 Å². The Morgan fingerprint density at radius 2 is 0.942 bits per heavy atom. The molecule has 0 radical (unpaired) electrons. The highest BCUT2D eigenvalue weighted by Crippen LogP contribution is 2.40. The van der Waals surface area contributed by atoms with E-state index in [0.717, 1.165) is 70.2 Å². The molecule has 40 heteroatoms. The molecule has 10 rings (SSSR count). The lowest BCUT2D eigenvalue weighted by atomic mass is 9.99. The topological polar surface area (TPSA) is 453 Å². The van der Waals surface area contributed by atoms with E-state index >= 15 is 0 Å². The third kappa shape index (κ3) is 27.4. The van der Waals surface area contributed by atoms with Crippen LogP contribution in [0, 0.1) is 20.8 Å². The number of imidazole rings is 3. The molecule has 8 heterocycles. The van der Waals surface area contributed by atoms with Crippen LogP contribution in [0.2, 0.25) is 5.02 Å². The molecule has 1 atom stereocenters. The second-order valence-corrected chi connectivity index (χ2v) is 29.9. The van der Waals surface area contributed by atoms with Crippen molar-refractivity contribution in [3.63, 3.8) is 0 Å². The number of unbranched alkanes of at least 4 members (excludes halogenated alkanes) is 4. The minimum Gasteiger partial charge on any atom is -0.491 e. The summed E-state index contributed by atoms with van der Waals surface area (Å²) in [6.07, 6.45) is 13.5. The smallest absolute Gasteiger partial charge is 0.291 e. The minimum absolute atomic E-state index is 0.00304. The fourth-order valence-corrected chi connectivity index (χ4v) is 14.0. The lowest BCUT2D eigenvalue weighted by Gasteiger charge is -2.13. The molecule has 10 amide bonds. The first-order valence-electron chi connectivity index (χ1n) is 39.6. The van der Waals surface area contributed by atoms with Crippen molar-refractivity contribution >= 4 is 116 Å². The van der Waals surface area contributed by atoms with Crippen LogP contribution < -0.4 is 57.9 Å². The van der Waals surface area contributed by atoms with Gasteiger partial charge in [0.2, 0.25) is 41.2 Å². The maximum Gasteiger partial charge on any atom is 0.291 e. The zero-order chi connectivity index (χ0) is 86.3. The third-order valence-electron chi connectivity index (χ3n) is 19.0. The van der Waals surface area contributed by atoms with Crippen molar-refractivity contribution in [1.29, 1.82) is 0 Å². The van der Waals surface area contributed by atoms with Crippen molar-refractivity contribution in [2.75, 3.05) is 132 Å². The zero-order valence-corrected chi connectivity index (χ0v) is 70.5. The first-order valence-corrected chi connectivity index (χ1v) is 40.8. The van der Waals surface area contributed by atoms with E-state index in [4.69, 9.17) is 45.0 Å². The molecule has 0 saturated heterocycles. The molecule has 10 N–H and O–H groups in total. The summed E-state index contributed by atoms with van der Waals surface area (Å²) in [4.78, 5) is 148. The Morgan fingerprint density at radius 1 is 0.455 bits per heavy atom. The third-order valence-corrected chi connectivity index (χ3v) is 20.4. The number of ether oxygens (including phenoxy) is 6. The first kappa shape index (κ1) is 91.0. The number of rotatable bonds is 49. The molecule has 646 valence electrons. The highest BCUT2D eigenvalue weighted by Gasteiger charge is 2.33. The molecule has 0 bridgehead atoms. The quantitative estimate of drug-likeness (QED) is 0.0180. The largest absolute Gasteiger partial charge is 0.491 e. The van der Waals surface area contributed by atoms with Crippen LogP contribution in [-0.2, 0) is 82.9 Å². The number of benzene rings is 2. The molecule has 0 spiro atoms. The van der Waals surface area contributed by atoms with Crippen LogP contribution in [0.25, 0.3) is 5.00 Å². The standard InChI is InChI=1S/C81H103ClN22O16S/c1-51-52(2)121-81-70(51)71(54-14-16-55(82)17-15-54)92-60(72-98-97-53(3)104(72)81)46-69(109)89-56-18-20-59(21-19-56)120-43-42-119-41-40-118-39-38-117-37-36-116-35-34-115-33-25-66(106)84-27-13-11-9-10-12-26-83-65(105)22-28-88-78(112)74-95-63(49-102(74)7)93-67(107)23-29-87-77(111)62-45-58(48-101(62)6)91-80(114)75-96-64(50-103(75)8)94-68(108)24-30-86-76(110)61-44-57(47-100(61)5)90-79(113)73-85-31-32-99(73)4/h14-21,31-32,44-45,47-50,60H,9-13,22-30,33-43,46H2,1-8H3,(H,83,105)(H,84,106)(H,86,110)(H,87,111)(H,88,112)(H,89,109)(H,90,113)(H,91,114)(H,93,107)(H,94,108). The van der Waals surface area contributed by atoms with Crippen molar-refractivity contribution in [3.8, 4) is 10.8 Å². The molecule has 1 aliphatic rings. The van der Waals surface area contributed by atoms with Gasteiger partial charge in [-0.15, -0.1) is 21.5 Å². The summed E-state index contributed by atoms with van der Waals surface area (Å²) in [6, 6.07) is 17.1. The Labute approximate surface area is 707 Å². The summed E-state index contributed by atoms with van der Waals surface area (Å²) >= 11 is 7.92. The molecule has 38 nitrogen and oxygen atoms in total. The fraction of sp³-hybridized carbons (Fsp3) is 0.432. The lowest BCUT2D eigenvalue weighted by molar-refractivity contribution is -0.122. The van der Waals surface area contributed by atoms with Gasteiger partial charge in [0.15, 0.2) is 23.3 Å². The predicted molar refractivity (Wildman–Crippen MR) is 451 cm³/mol. The predicted octanol–water partition coefficient (Wildman–Crippen LogP) is 6.58. The number of carbonyl (C=O) groups is 10. The number of thiophene rings is 1. The van der Waals surface area contributed by atoms with Crippen LogP contribution in [0.4, 0.5) is 28.7 Å². The number of fused-ring (bicyclic) bond motifs is 3. The van der Waals surface area contributed by atoms with Gasteiger partial charge in [-0.2, -0.15) is 0 Å². The maximum absolute atomic E-state index is 13.6. The Bertz CT molecular complexity index is 5100. The second-order valence-electron chi connectivity index (χ2n) is 28.3. The Kier molecular flexibility index (Phi) is 34.4. The number of nitrogens with one attached hydrogen (secondary N) is 10. The van der Waals surface area contributed by atoms with E-state index in [-0.39, 0.29) is 122 Å². The van der Waals surface area contributed by atoms with Gasteiger partial charge in [0.1, 0.15) is 40.6 Å². The van der Waals surface area contributed by atoms with Crippen LogP contribution in [0.15, 0.2) is 103 Å². The summed E-state index contributed by atoms with van der Waals surface area (Å²) in [5.41, 5.74) is 5.46. The van der Waals surface area contributed by atoms with Gasteiger partial charge in [0, 0.05) is 158 Å². The Balaban J connectivity index is 0.471. The van der Waals surface area contributed by atoms with E-state index in [9.17, 15) is 47.9 Å². The van der Waals surface area contributed by atoms with E-state index in [1.807, 2.05) is 35.8 Å². The number of halogens is 1. The number of anilines is 5. The van der Waals surface area contributed by atoms with Crippen molar-refractivity contribution in [3.05, 3.63) is 165 Å². The van der Waals surface area contributed by atoms with E-state index in [1.54, 1.807) is 87.8 Å². The number of aryl methyl sites for hydroxylation is 7. The summed E-state index contributed by atoms with van der Waals surface area (Å²) in [5.74, 6) is -1.86. The van der Waals surface area contributed by atoms with E-state index in [2.05, 4.69) is 92.2 Å². The van der Waals surface area contributed by atoms with Crippen LogP contribution >= 0.6 is 22.9 Å². The minimum atomic E-state index is -0.639. The van der Waals surface area contributed by atoms with Crippen LogP contribution in [0.1, 0.15) is 156 Å². The lowest BCUT2D eigenvalue weighted by Crippen LogP contribution is -2.32. The van der Waals surface area contributed by atoms with E-state index in [0.29, 0.717) is 107 Å². The second kappa shape index (κ2) is 45.8. The fourth-order valence-electron chi connectivity index (χ4n) is 12.6. The maximum atomic E-state index is 13.6. The van der Waals surface area contributed by atoms with Crippen molar-refractivity contribution in [2.45, 2.75) is 91.0 Å². The highest BCUT2D eigenvalue weighted by molar-refractivity contribution is 7.15. The number of hydrogen-bond acceptors (Lipinski definition) is 23. The SMILES string of the molecule is Cc1sc2c(c1C)C(c1ccc(Cl)cc1)=NC(CC(=O)Nc1ccc(OCCOCCOCCOCCOCCOCCC(=O)NCCCCCCCNC(=O)CCNC(=O)c3nc(NC(=O)CCNC(=O)c4cc(NC(=O)c5nc(NC(=O)CCNC(=O)c6cc(NC(=O)c7nccn7C)cn6C)cn5C)cn4C)cn3C)cc1)c1nnc(C)n1-2. The number of amides is 10. The summed E-state index contributed by atoms with van der Waals surface area (Å²) in [6.45, 7) is 11.2. The van der Waals surface area contributed by atoms with Crippen molar-refractivity contribution < 1.29 is 76.4 Å². The van der Waals surface area contributed by atoms with Crippen LogP contribution in [0.5, 0.6) is 5.75 Å². The van der Waals surface area contributed by atoms with Gasteiger partial charge in [-0.3, -0.25) is 57.5 Å². The Hall–Kier alpha value is -12.3. The van der Waals surface area contributed by atoms with Crippen LogP contribution in [-0.4, -0.2) is 223 Å².